The molecule has 5 heterocycles. The van der Waals surface area contributed by atoms with E-state index in [0.717, 1.165) is 57.2 Å². The van der Waals surface area contributed by atoms with Crippen molar-refractivity contribution in [3.05, 3.63) is 30.5 Å². The molecule has 36 heavy (non-hydrogen) atoms. The Kier molecular flexibility index (Phi) is 5.72. The lowest BCUT2D eigenvalue weighted by atomic mass is 10.0. The third kappa shape index (κ3) is 4.35. The Morgan fingerprint density at radius 1 is 1.19 bits per heavy atom. The van der Waals surface area contributed by atoms with Gasteiger partial charge in [0.05, 0.1) is 31.9 Å². The van der Waals surface area contributed by atoms with Crippen molar-refractivity contribution < 1.29 is 18.3 Å². The predicted molar refractivity (Wildman–Crippen MR) is 130 cm³/mol. The van der Waals surface area contributed by atoms with Crippen LogP contribution < -0.4 is 10.1 Å². The minimum atomic E-state index is -2.90. The van der Waals surface area contributed by atoms with Crippen LogP contribution in [0.4, 0.5) is 14.7 Å². The first-order chi connectivity index (χ1) is 17.4. The van der Waals surface area contributed by atoms with Crippen molar-refractivity contribution in [3.8, 4) is 17.0 Å². The smallest absolute Gasteiger partial charge is 0.264 e. The van der Waals surface area contributed by atoms with Crippen LogP contribution in [0.15, 0.2) is 30.5 Å². The molecule has 4 aromatic rings. The molecule has 0 aliphatic carbocycles. The highest BCUT2D eigenvalue weighted by molar-refractivity contribution is 5.89. The minimum Gasteiger partial charge on any atom is -0.479 e. The summed E-state index contributed by atoms with van der Waals surface area (Å²) in [6, 6.07) is 8.22. The first kappa shape index (κ1) is 23.0. The number of hydrogen-bond donors (Lipinski definition) is 1. The van der Waals surface area contributed by atoms with Gasteiger partial charge in [0, 0.05) is 37.8 Å². The van der Waals surface area contributed by atoms with Gasteiger partial charge >= 0.3 is 0 Å². The Labute approximate surface area is 206 Å². The van der Waals surface area contributed by atoms with Crippen LogP contribution in [0.2, 0.25) is 0 Å². The van der Waals surface area contributed by atoms with Crippen LogP contribution in [0.5, 0.6) is 5.88 Å². The molecule has 0 spiro atoms. The second kappa shape index (κ2) is 8.93. The average Bonchev–Trinajstić information content (AvgIpc) is 3.41. The molecule has 3 aromatic heterocycles. The van der Waals surface area contributed by atoms with E-state index in [-0.39, 0.29) is 6.04 Å². The number of rotatable bonds is 7. The summed E-state index contributed by atoms with van der Waals surface area (Å²) in [7, 11) is 1.58. The van der Waals surface area contributed by atoms with E-state index in [9.17, 15) is 8.78 Å². The van der Waals surface area contributed by atoms with Crippen molar-refractivity contribution in [2.45, 2.75) is 44.3 Å². The summed E-state index contributed by atoms with van der Waals surface area (Å²) in [5.74, 6) is -1.96. The highest BCUT2D eigenvalue weighted by Crippen LogP contribution is 2.33. The monoisotopic (exact) mass is 498 g/mol. The normalized spacial score (nSPS) is 18.1. The van der Waals surface area contributed by atoms with E-state index in [1.54, 1.807) is 17.7 Å². The van der Waals surface area contributed by atoms with Gasteiger partial charge in [0.1, 0.15) is 17.6 Å². The maximum absolute atomic E-state index is 13.6. The molecule has 10 nitrogen and oxygen atoms in total. The summed E-state index contributed by atoms with van der Waals surface area (Å²) in [6.07, 6.45) is 3.87. The molecule has 0 amide bonds. The Morgan fingerprint density at radius 3 is 2.69 bits per heavy atom. The van der Waals surface area contributed by atoms with Gasteiger partial charge in [-0.2, -0.15) is 4.98 Å². The Balaban J connectivity index is 1.27. The zero-order chi connectivity index (χ0) is 24.9. The van der Waals surface area contributed by atoms with E-state index < -0.39 is 12.5 Å². The number of fused-ring (bicyclic) bond motifs is 2. The zero-order valence-corrected chi connectivity index (χ0v) is 20.2. The molecule has 0 unspecified atom stereocenters. The van der Waals surface area contributed by atoms with E-state index in [0.29, 0.717) is 34.4 Å². The first-order valence-electron chi connectivity index (χ1n) is 12.1. The molecule has 0 bridgehead atoms. The van der Waals surface area contributed by atoms with Crippen molar-refractivity contribution in [3.63, 3.8) is 0 Å². The van der Waals surface area contributed by atoms with Crippen LogP contribution in [0.3, 0.4) is 0 Å². The van der Waals surface area contributed by atoms with Crippen LogP contribution in [0.1, 0.15) is 19.8 Å². The maximum atomic E-state index is 13.6. The third-order valence-electron chi connectivity index (χ3n) is 6.92. The van der Waals surface area contributed by atoms with Gasteiger partial charge in [0.25, 0.3) is 5.92 Å². The van der Waals surface area contributed by atoms with Crippen molar-refractivity contribution in [1.82, 2.24) is 34.5 Å². The minimum absolute atomic E-state index is 0.284. The summed E-state index contributed by atoms with van der Waals surface area (Å²) in [6.45, 7) is 4.04. The molecule has 12 heteroatoms. The second-order valence-electron chi connectivity index (χ2n) is 9.63. The molecule has 2 aliphatic heterocycles. The van der Waals surface area contributed by atoms with Crippen LogP contribution in [-0.2, 0) is 11.3 Å². The number of hydrogen-bond acceptors (Lipinski definition) is 8. The molecule has 0 radical (unpaired) electrons. The van der Waals surface area contributed by atoms with Gasteiger partial charge in [-0.05, 0) is 36.6 Å². The quantitative estimate of drug-likeness (QED) is 0.416. The van der Waals surface area contributed by atoms with Gasteiger partial charge < -0.3 is 14.8 Å². The van der Waals surface area contributed by atoms with Crippen LogP contribution in [-0.4, -0.2) is 85.9 Å². The summed E-state index contributed by atoms with van der Waals surface area (Å²) < 4.78 is 41.2. The van der Waals surface area contributed by atoms with E-state index in [4.69, 9.17) is 9.47 Å². The number of methoxy groups -OCH3 is 1. The number of likely N-dealkylation sites (tertiary alicyclic amines) is 1. The molecule has 0 atom stereocenters. The zero-order valence-electron chi connectivity index (χ0n) is 20.2. The highest BCUT2D eigenvalue weighted by atomic mass is 19.3. The lowest BCUT2D eigenvalue weighted by Crippen LogP contribution is -2.53. The molecule has 2 aliphatic rings. The maximum Gasteiger partial charge on any atom is 0.264 e. The number of alkyl halides is 2. The Bertz CT molecular complexity index is 1390. The lowest BCUT2D eigenvalue weighted by Gasteiger charge is -2.41. The molecular weight excluding hydrogens is 470 g/mol. The van der Waals surface area contributed by atoms with Crippen molar-refractivity contribution in [2.24, 2.45) is 0 Å². The van der Waals surface area contributed by atoms with Gasteiger partial charge in [-0.1, -0.05) is 11.3 Å². The van der Waals surface area contributed by atoms with E-state index >= 15 is 0 Å². The molecule has 1 aromatic carbocycles. The molecule has 1 N–H and O–H groups in total. The van der Waals surface area contributed by atoms with Gasteiger partial charge in [-0.3, -0.25) is 4.90 Å². The number of nitrogens with zero attached hydrogens (tertiary/aromatic N) is 7. The number of aromatic nitrogens is 6. The van der Waals surface area contributed by atoms with Crippen LogP contribution in [0.25, 0.3) is 27.7 Å². The number of benzene rings is 1. The fourth-order valence-corrected chi connectivity index (χ4v) is 4.97. The fourth-order valence-electron chi connectivity index (χ4n) is 4.97. The number of ether oxygens (including phenoxy) is 2. The topological polar surface area (TPSA) is 94.6 Å². The standard InChI is InChI=1S/C24H28F2N8O2/c1-24(25,26)14-34-20-11-15(3-4-19(20)29-31-34)18-7-10-33-21(18)22(35-2)28-23(30-33)27-16-5-8-32(9-6-16)17-12-36-13-17/h3-4,7,10-11,16-17H,5-6,8-9,12-14H2,1-2H3,(H,27,30). The third-order valence-corrected chi connectivity index (χ3v) is 6.92. The number of anilines is 1. The van der Waals surface area contributed by atoms with Gasteiger partial charge in [-0.15, -0.1) is 10.2 Å². The van der Waals surface area contributed by atoms with Gasteiger partial charge in [0.2, 0.25) is 11.8 Å². The highest BCUT2D eigenvalue weighted by Gasteiger charge is 2.30. The van der Waals surface area contributed by atoms with Crippen LogP contribution in [0, 0.1) is 0 Å². The summed E-state index contributed by atoms with van der Waals surface area (Å²) in [5.41, 5.74) is 3.42. The predicted octanol–water partition coefficient (Wildman–Crippen LogP) is 3.08. The Morgan fingerprint density at radius 2 is 2.00 bits per heavy atom. The summed E-state index contributed by atoms with van der Waals surface area (Å²) in [4.78, 5) is 7.13. The van der Waals surface area contributed by atoms with Crippen molar-refractivity contribution >= 4 is 22.5 Å². The number of halogens is 2. The van der Waals surface area contributed by atoms with Crippen molar-refractivity contribution in [1.29, 1.82) is 0 Å². The molecule has 190 valence electrons. The molecule has 0 saturated carbocycles. The van der Waals surface area contributed by atoms with Crippen LogP contribution >= 0.6 is 0 Å². The van der Waals surface area contributed by atoms with E-state index in [1.165, 1.54) is 4.68 Å². The molecule has 2 saturated heterocycles. The molecule has 2 fully saturated rings. The largest absolute Gasteiger partial charge is 0.479 e. The molecular formula is C24H28F2N8O2. The number of nitrogens with one attached hydrogen (secondary N) is 1. The molecule has 6 rings (SSSR count). The van der Waals surface area contributed by atoms with Crippen molar-refractivity contribution in [2.75, 3.05) is 38.7 Å². The second-order valence-corrected chi connectivity index (χ2v) is 9.63. The summed E-state index contributed by atoms with van der Waals surface area (Å²) >= 11 is 0. The Hall–Kier alpha value is -3.38. The summed E-state index contributed by atoms with van der Waals surface area (Å²) in [5, 5.41) is 16.1. The SMILES string of the molecule is COc1nc(NC2CCN(C3COC3)CC2)nn2ccc(-c3ccc4nnn(CC(C)(F)F)c4c3)c12. The van der Waals surface area contributed by atoms with Gasteiger partial charge in [-0.25, -0.2) is 18.0 Å². The fraction of sp³-hybridized carbons (Fsp3) is 0.500. The first-order valence-corrected chi connectivity index (χ1v) is 12.1. The van der Waals surface area contributed by atoms with E-state index in [1.807, 2.05) is 24.4 Å². The van der Waals surface area contributed by atoms with Gasteiger partial charge in [0.15, 0.2) is 0 Å². The lowest BCUT2D eigenvalue weighted by molar-refractivity contribution is -0.0705. The van der Waals surface area contributed by atoms with E-state index in [2.05, 4.69) is 30.6 Å². The average molecular weight is 499 g/mol. The number of piperidine rings is 1.